The van der Waals surface area contributed by atoms with Crippen LogP contribution in [0.25, 0.3) is 11.2 Å². The summed E-state index contributed by atoms with van der Waals surface area (Å²) in [6, 6.07) is 0. The van der Waals surface area contributed by atoms with Gasteiger partial charge in [-0.1, -0.05) is 0 Å². The minimum atomic E-state index is -1.23. The number of fused-ring (bicyclic) bond motifs is 1. The first kappa shape index (κ1) is 12.2. The standard InChI is InChI=1S/C10H13N5O4/c11-8-4-9(13-2-12-4)15-10(14-8)7-6(18)5(17)3(1-16)19-7/h2-3,5-7,16-18H,1H2,(H3,11,12,13,14,15)/t3-,5-,6+,7+/m1/s1. The Morgan fingerprint density at radius 2 is 2.11 bits per heavy atom. The van der Waals surface area contributed by atoms with Gasteiger partial charge in [0.15, 0.2) is 17.3 Å². The molecule has 0 saturated carbocycles. The Morgan fingerprint density at radius 1 is 1.32 bits per heavy atom. The van der Waals surface area contributed by atoms with E-state index in [9.17, 15) is 10.2 Å². The number of aromatic amines is 1. The third-order valence-corrected chi connectivity index (χ3v) is 3.12. The van der Waals surface area contributed by atoms with Gasteiger partial charge in [-0.05, 0) is 0 Å². The summed E-state index contributed by atoms with van der Waals surface area (Å²) in [5, 5.41) is 28.6. The van der Waals surface area contributed by atoms with Crippen LogP contribution in [0.15, 0.2) is 6.33 Å². The lowest BCUT2D eigenvalue weighted by molar-refractivity contribution is -0.0251. The van der Waals surface area contributed by atoms with Crippen LogP contribution >= 0.6 is 0 Å². The number of nitrogens with one attached hydrogen (secondary N) is 1. The summed E-state index contributed by atoms with van der Waals surface area (Å²) < 4.78 is 5.34. The van der Waals surface area contributed by atoms with Gasteiger partial charge in [-0.3, -0.25) is 0 Å². The first-order valence-corrected chi connectivity index (χ1v) is 5.70. The number of anilines is 1. The van der Waals surface area contributed by atoms with Crippen molar-refractivity contribution in [3.05, 3.63) is 12.2 Å². The van der Waals surface area contributed by atoms with E-state index in [1.54, 1.807) is 0 Å². The molecule has 6 N–H and O–H groups in total. The van der Waals surface area contributed by atoms with E-state index in [1.165, 1.54) is 6.33 Å². The minimum absolute atomic E-state index is 0.136. The van der Waals surface area contributed by atoms with Crippen LogP contribution in [0.2, 0.25) is 0 Å². The maximum Gasteiger partial charge on any atom is 0.164 e. The predicted octanol–water partition coefficient (Wildman–Crippen LogP) is -1.91. The summed E-state index contributed by atoms with van der Waals surface area (Å²) in [5.74, 6) is 0.288. The van der Waals surface area contributed by atoms with Gasteiger partial charge in [-0.2, -0.15) is 0 Å². The number of nitrogens with zero attached hydrogens (tertiary/aromatic N) is 3. The van der Waals surface area contributed by atoms with Gasteiger partial charge in [0.25, 0.3) is 0 Å². The Balaban J connectivity index is 2.00. The second-order valence-corrected chi connectivity index (χ2v) is 4.33. The number of hydrogen-bond donors (Lipinski definition) is 5. The van der Waals surface area contributed by atoms with E-state index in [4.69, 9.17) is 15.6 Å². The van der Waals surface area contributed by atoms with Gasteiger partial charge in [0.1, 0.15) is 29.9 Å². The van der Waals surface area contributed by atoms with Crippen LogP contribution in [0.3, 0.4) is 0 Å². The van der Waals surface area contributed by atoms with Crippen molar-refractivity contribution in [2.45, 2.75) is 24.4 Å². The van der Waals surface area contributed by atoms with Crippen LogP contribution in [0.1, 0.15) is 11.9 Å². The van der Waals surface area contributed by atoms with Gasteiger partial charge in [0, 0.05) is 0 Å². The molecular formula is C10H13N5O4. The summed E-state index contributed by atoms with van der Waals surface area (Å²) >= 11 is 0. The van der Waals surface area contributed by atoms with Gasteiger partial charge in [0.05, 0.1) is 12.9 Å². The summed E-state index contributed by atoms with van der Waals surface area (Å²) in [7, 11) is 0. The zero-order valence-electron chi connectivity index (χ0n) is 9.76. The summed E-state index contributed by atoms with van der Waals surface area (Å²) in [4.78, 5) is 14.9. The molecule has 1 aliphatic heterocycles. The largest absolute Gasteiger partial charge is 0.394 e. The molecule has 0 aromatic carbocycles. The number of aliphatic hydroxyl groups is 3. The Morgan fingerprint density at radius 3 is 2.79 bits per heavy atom. The molecule has 9 nitrogen and oxygen atoms in total. The number of hydrogen-bond acceptors (Lipinski definition) is 8. The molecule has 2 aromatic heterocycles. The second-order valence-electron chi connectivity index (χ2n) is 4.33. The molecule has 0 aliphatic carbocycles. The number of aromatic nitrogens is 4. The lowest BCUT2D eigenvalue weighted by atomic mass is 10.1. The first-order chi connectivity index (χ1) is 9.11. The van der Waals surface area contributed by atoms with E-state index in [0.29, 0.717) is 11.2 Å². The van der Waals surface area contributed by atoms with Crippen molar-refractivity contribution in [2.75, 3.05) is 12.3 Å². The van der Waals surface area contributed by atoms with Gasteiger partial charge in [0.2, 0.25) is 0 Å². The summed E-state index contributed by atoms with van der Waals surface area (Å²) in [5.41, 5.74) is 6.58. The summed E-state index contributed by atoms with van der Waals surface area (Å²) in [6.07, 6.45) is -2.81. The molecule has 0 spiro atoms. The van der Waals surface area contributed by atoms with Crippen molar-refractivity contribution in [2.24, 2.45) is 0 Å². The van der Waals surface area contributed by atoms with Crippen molar-refractivity contribution in [1.29, 1.82) is 0 Å². The fourth-order valence-corrected chi connectivity index (χ4v) is 2.12. The zero-order chi connectivity index (χ0) is 13.6. The normalized spacial score (nSPS) is 31.1. The lowest BCUT2D eigenvalue weighted by Gasteiger charge is -2.13. The lowest BCUT2D eigenvalue weighted by Crippen LogP contribution is -2.32. The highest BCUT2D eigenvalue weighted by atomic mass is 16.6. The molecule has 1 fully saturated rings. The van der Waals surface area contributed by atoms with Gasteiger partial charge >= 0.3 is 0 Å². The van der Waals surface area contributed by atoms with E-state index >= 15 is 0 Å². The molecule has 0 radical (unpaired) electrons. The van der Waals surface area contributed by atoms with E-state index in [0.717, 1.165) is 0 Å². The van der Waals surface area contributed by atoms with E-state index < -0.39 is 31.0 Å². The second kappa shape index (κ2) is 4.38. The number of imidazole rings is 1. The van der Waals surface area contributed by atoms with Crippen LogP contribution < -0.4 is 5.73 Å². The Bertz CT molecular complexity index is 603. The van der Waals surface area contributed by atoms with Gasteiger partial charge in [-0.25, -0.2) is 15.0 Å². The fourth-order valence-electron chi connectivity index (χ4n) is 2.12. The van der Waals surface area contributed by atoms with Crippen molar-refractivity contribution >= 4 is 17.0 Å². The molecule has 2 aromatic rings. The van der Waals surface area contributed by atoms with E-state index in [1.807, 2.05) is 0 Å². The maximum absolute atomic E-state index is 9.89. The number of ether oxygens (including phenoxy) is 1. The minimum Gasteiger partial charge on any atom is -0.394 e. The highest BCUT2D eigenvalue weighted by Gasteiger charge is 2.44. The van der Waals surface area contributed by atoms with Crippen LogP contribution in [-0.4, -0.2) is 60.2 Å². The number of aliphatic hydroxyl groups excluding tert-OH is 3. The molecule has 4 atom stereocenters. The molecule has 0 bridgehead atoms. The Hall–Kier alpha value is -1.81. The Labute approximate surface area is 107 Å². The van der Waals surface area contributed by atoms with Gasteiger partial charge < -0.3 is 30.8 Å². The molecule has 1 saturated heterocycles. The topological polar surface area (TPSA) is 150 Å². The van der Waals surface area contributed by atoms with Crippen LogP contribution in [0.4, 0.5) is 5.82 Å². The van der Waals surface area contributed by atoms with E-state index in [2.05, 4.69) is 19.9 Å². The molecule has 1 aliphatic rings. The third kappa shape index (κ3) is 1.83. The average Bonchev–Trinajstić information content (AvgIpc) is 2.96. The molecule has 19 heavy (non-hydrogen) atoms. The number of H-pyrrole nitrogens is 1. The number of nitrogen functional groups attached to an aromatic ring is 1. The van der Waals surface area contributed by atoms with Crippen LogP contribution in [0, 0.1) is 0 Å². The molecule has 102 valence electrons. The smallest absolute Gasteiger partial charge is 0.164 e. The van der Waals surface area contributed by atoms with Gasteiger partial charge in [-0.15, -0.1) is 0 Å². The fraction of sp³-hybridized carbons (Fsp3) is 0.500. The van der Waals surface area contributed by atoms with Crippen molar-refractivity contribution < 1.29 is 20.1 Å². The third-order valence-electron chi connectivity index (χ3n) is 3.12. The average molecular weight is 267 g/mol. The van der Waals surface area contributed by atoms with Crippen molar-refractivity contribution in [3.63, 3.8) is 0 Å². The van der Waals surface area contributed by atoms with Crippen LogP contribution in [0.5, 0.6) is 0 Å². The zero-order valence-corrected chi connectivity index (χ0v) is 9.76. The van der Waals surface area contributed by atoms with E-state index in [-0.39, 0.29) is 11.6 Å². The van der Waals surface area contributed by atoms with Crippen molar-refractivity contribution in [3.8, 4) is 0 Å². The SMILES string of the molecule is Nc1nc([C@H]2O[C@H](CO)[C@@H](O)[C@@H]2O)nc2[nH]cnc12. The predicted molar refractivity (Wildman–Crippen MR) is 62.8 cm³/mol. The molecule has 0 unspecified atom stereocenters. The molecule has 3 heterocycles. The van der Waals surface area contributed by atoms with Crippen LogP contribution in [-0.2, 0) is 4.74 Å². The first-order valence-electron chi connectivity index (χ1n) is 5.70. The monoisotopic (exact) mass is 267 g/mol. The number of nitrogens with two attached hydrogens (primary N) is 1. The quantitative estimate of drug-likeness (QED) is 0.423. The molecular weight excluding hydrogens is 254 g/mol. The summed E-state index contributed by atoms with van der Waals surface area (Å²) in [6.45, 7) is -0.406. The molecule has 0 amide bonds. The highest BCUT2D eigenvalue weighted by molar-refractivity contribution is 5.80. The highest BCUT2D eigenvalue weighted by Crippen LogP contribution is 2.32. The molecule has 9 heteroatoms. The maximum atomic E-state index is 9.89. The van der Waals surface area contributed by atoms with Crippen molar-refractivity contribution in [1.82, 2.24) is 19.9 Å². The Kier molecular flexibility index (Phi) is 2.82. The molecule has 3 rings (SSSR count). The number of rotatable bonds is 2.